The third kappa shape index (κ3) is 3.34. The van der Waals surface area contributed by atoms with Crippen LogP contribution in [0.5, 0.6) is 0 Å². The quantitative estimate of drug-likeness (QED) is 0.517. The molecule has 1 aliphatic rings. The molecule has 0 bridgehead atoms. The van der Waals surface area contributed by atoms with Gasteiger partial charge in [-0.3, -0.25) is 9.30 Å². The highest BCUT2D eigenvalue weighted by atomic mass is 35.5. The van der Waals surface area contributed by atoms with Crippen molar-refractivity contribution in [2.75, 3.05) is 24.5 Å². The molecule has 29 heavy (non-hydrogen) atoms. The van der Waals surface area contributed by atoms with Crippen LogP contribution in [0, 0.1) is 0 Å². The van der Waals surface area contributed by atoms with Gasteiger partial charge in [0.15, 0.2) is 5.82 Å². The monoisotopic (exact) mass is 408 g/mol. The van der Waals surface area contributed by atoms with Crippen molar-refractivity contribution in [2.45, 2.75) is 19.5 Å². The summed E-state index contributed by atoms with van der Waals surface area (Å²) in [5, 5.41) is 9.02. The zero-order chi connectivity index (χ0) is 19.8. The first-order valence-corrected chi connectivity index (χ1v) is 9.97. The Morgan fingerprint density at radius 2 is 2.07 bits per heavy atom. The van der Waals surface area contributed by atoms with Crippen LogP contribution in [-0.2, 0) is 6.54 Å². The summed E-state index contributed by atoms with van der Waals surface area (Å²) < 4.78 is 3.92. The van der Waals surface area contributed by atoms with Gasteiger partial charge in [-0.25, -0.2) is 9.97 Å². The fraction of sp³-hybridized carbons (Fsp3) is 0.300. The van der Waals surface area contributed by atoms with Crippen LogP contribution in [0.4, 0.5) is 5.82 Å². The largest absolute Gasteiger partial charge is 0.348 e. The van der Waals surface area contributed by atoms with Crippen molar-refractivity contribution in [2.24, 2.45) is 0 Å². The minimum Gasteiger partial charge on any atom is -0.348 e. The van der Waals surface area contributed by atoms with Crippen LogP contribution in [0.15, 0.2) is 55.6 Å². The summed E-state index contributed by atoms with van der Waals surface area (Å²) in [6.07, 6.45) is 10.9. The van der Waals surface area contributed by atoms with Crippen molar-refractivity contribution in [3.8, 4) is 5.69 Å². The lowest BCUT2D eigenvalue weighted by atomic mass is 10.1. The van der Waals surface area contributed by atoms with Gasteiger partial charge in [-0.1, -0.05) is 17.7 Å². The Kier molecular flexibility index (Phi) is 4.65. The maximum atomic E-state index is 6.58. The van der Waals surface area contributed by atoms with Crippen molar-refractivity contribution in [1.29, 1.82) is 0 Å². The molecule has 1 aliphatic heterocycles. The van der Waals surface area contributed by atoms with Crippen molar-refractivity contribution < 1.29 is 0 Å². The molecule has 1 saturated heterocycles. The summed E-state index contributed by atoms with van der Waals surface area (Å²) in [5.41, 5.74) is 2.98. The number of imidazole rings is 1. The first-order valence-electron chi connectivity index (χ1n) is 9.60. The maximum Gasteiger partial charge on any atom is 0.203 e. The van der Waals surface area contributed by atoms with E-state index in [1.165, 1.54) is 0 Å². The molecule has 148 valence electrons. The number of hydrogen-bond donors (Lipinski definition) is 0. The topological polar surface area (TPSA) is 67.4 Å². The van der Waals surface area contributed by atoms with Gasteiger partial charge in [0.1, 0.15) is 6.33 Å². The number of anilines is 1. The van der Waals surface area contributed by atoms with E-state index in [1.807, 2.05) is 33.5 Å². The van der Waals surface area contributed by atoms with Crippen LogP contribution >= 0.6 is 11.6 Å². The summed E-state index contributed by atoms with van der Waals surface area (Å²) >= 11 is 6.58. The van der Waals surface area contributed by atoms with Crippen molar-refractivity contribution in [1.82, 2.24) is 34.0 Å². The molecule has 0 aliphatic carbocycles. The second kappa shape index (κ2) is 7.46. The predicted octanol–water partition coefficient (Wildman–Crippen LogP) is 2.67. The molecule has 3 aromatic heterocycles. The molecular weight excluding hydrogens is 388 g/mol. The zero-order valence-corrected chi connectivity index (χ0v) is 16.8. The molecule has 0 radical (unpaired) electrons. The van der Waals surface area contributed by atoms with E-state index in [1.54, 1.807) is 25.0 Å². The average Bonchev–Trinajstić information content (AvgIpc) is 3.41. The van der Waals surface area contributed by atoms with Crippen LogP contribution in [0.25, 0.3) is 11.3 Å². The predicted molar refractivity (Wildman–Crippen MR) is 111 cm³/mol. The van der Waals surface area contributed by atoms with Crippen molar-refractivity contribution >= 4 is 23.1 Å². The molecule has 9 heteroatoms. The van der Waals surface area contributed by atoms with E-state index in [0.29, 0.717) is 6.04 Å². The highest BCUT2D eigenvalue weighted by Gasteiger charge is 2.27. The normalized spacial score (nSPS) is 17.9. The van der Waals surface area contributed by atoms with E-state index in [2.05, 4.69) is 43.0 Å². The first-order chi connectivity index (χ1) is 14.2. The smallest absolute Gasteiger partial charge is 0.203 e. The van der Waals surface area contributed by atoms with Gasteiger partial charge in [-0.05, 0) is 19.1 Å². The third-order valence-electron chi connectivity index (χ3n) is 5.44. The molecule has 1 aromatic carbocycles. The first kappa shape index (κ1) is 18.1. The lowest BCUT2D eigenvalue weighted by Crippen LogP contribution is -2.52. The minimum absolute atomic E-state index is 0.290. The Morgan fingerprint density at radius 3 is 2.90 bits per heavy atom. The van der Waals surface area contributed by atoms with Crippen LogP contribution in [0.3, 0.4) is 0 Å². The van der Waals surface area contributed by atoms with Crippen molar-refractivity contribution in [3.63, 3.8) is 0 Å². The average molecular weight is 409 g/mol. The highest BCUT2D eigenvalue weighted by molar-refractivity contribution is 6.31. The third-order valence-corrected chi connectivity index (χ3v) is 5.79. The number of halogens is 1. The van der Waals surface area contributed by atoms with Gasteiger partial charge < -0.3 is 9.47 Å². The van der Waals surface area contributed by atoms with Gasteiger partial charge in [0.05, 0.1) is 12.0 Å². The zero-order valence-electron chi connectivity index (χ0n) is 16.1. The molecule has 0 saturated carbocycles. The van der Waals surface area contributed by atoms with Crippen LogP contribution in [-0.4, -0.2) is 59.7 Å². The fourth-order valence-corrected chi connectivity index (χ4v) is 4.24. The van der Waals surface area contributed by atoms with Crippen molar-refractivity contribution in [3.05, 3.63) is 66.2 Å². The molecule has 0 amide bonds. The number of benzene rings is 1. The van der Waals surface area contributed by atoms with Crippen LogP contribution < -0.4 is 4.90 Å². The second-order valence-corrected chi connectivity index (χ2v) is 7.70. The molecule has 0 spiro atoms. The standard InChI is InChI=1S/C20H21ClN8/c1-15-11-26(9-10-29(15)19-20-25-24-14-28(20)8-6-23-19)12-16-17(21)3-2-4-18(16)27-7-5-22-13-27/h2-8,13-15H,9-12H2,1H3. The minimum atomic E-state index is 0.290. The molecule has 5 rings (SSSR count). The number of piperazine rings is 1. The van der Waals surface area contributed by atoms with Crippen LogP contribution in [0.1, 0.15) is 12.5 Å². The van der Waals surface area contributed by atoms with E-state index in [9.17, 15) is 0 Å². The molecular formula is C20H21ClN8. The summed E-state index contributed by atoms with van der Waals surface area (Å²) in [7, 11) is 0. The number of aromatic nitrogens is 6. The Hall–Kier alpha value is -2.97. The van der Waals surface area contributed by atoms with Gasteiger partial charge in [-0.2, -0.15) is 0 Å². The Morgan fingerprint density at radius 1 is 1.14 bits per heavy atom. The van der Waals surface area contributed by atoms with Gasteiger partial charge in [0.2, 0.25) is 5.65 Å². The number of fused-ring (bicyclic) bond motifs is 1. The fourth-order valence-electron chi connectivity index (χ4n) is 4.01. The SMILES string of the molecule is CC1CN(Cc2c(Cl)cccc2-n2ccnc2)CCN1c1nccn2cnnc12. The van der Waals surface area contributed by atoms with Crippen LogP contribution in [0.2, 0.25) is 5.02 Å². The maximum absolute atomic E-state index is 6.58. The second-order valence-electron chi connectivity index (χ2n) is 7.30. The summed E-state index contributed by atoms with van der Waals surface area (Å²) in [6.45, 7) is 5.69. The molecule has 4 aromatic rings. The summed E-state index contributed by atoms with van der Waals surface area (Å²) in [5.74, 6) is 0.883. The highest BCUT2D eigenvalue weighted by Crippen LogP contribution is 2.27. The lowest BCUT2D eigenvalue weighted by Gasteiger charge is -2.40. The Labute approximate surface area is 173 Å². The molecule has 8 nitrogen and oxygen atoms in total. The van der Waals surface area contributed by atoms with Gasteiger partial charge >= 0.3 is 0 Å². The molecule has 0 N–H and O–H groups in total. The van der Waals surface area contributed by atoms with E-state index in [4.69, 9.17) is 11.6 Å². The number of nitrogens with zero attached hydrogens (tertiary/aromatic N) is 8. The van der Waals surface area contributed by atoms with Gasteiger partial charge in [-0.15, -0.1) is 10.2 Å². The van der Waals surface area contributed by atoms with Gasteiger partial charge in [0, 0.05) is 67.6 Å². The number of rotatable bonds is 4. The molecule has 1 fully saturated rings. The van der Waals surface area contributed by atoms with E-state index in [-0.39, 0.29) is 0 Å². The molecule has 4 heterocycles. The summed E-state index contributed by atoms with van der Waals surface area (Å²) in [6, 6.07) is 6.30. The Balaban J connectivity index is 1.37. The van der Waals surface area contributed by atoms with E-state index in [0.717, 1.165) is 53.9 Å². The van der Waals surface area contributed by atoms with Gasteiger partial charge in [0.25, 0.3) is 0 Å². The molecule has 1 atom stereocenters. The molecule has 1 unspecified atom stereocenters. The lowest BCUT2D eigenvalue weighted by molar-refractivity contribution is 0.220. The number of hydrogen-bond acceptors (Lipinski definition) is 6. The van der Waals surface area contributed by atoms with E-state index < -0.39 is 0 Å². The Bertz CT molecular complexity index is 1120. The van der Waals surface area contributed by atoms with E-state index >= 15 is 0 Å². The summed E-state index contributed by atoms with van der Waals surface area (Å²) in [4.78, 5) is 13.5.